The number of thioether (sulfide) groups is 1. The minimum Gasteiger partial charge on any atom is -0.755 e. The highest BCUT2D eigenvalue weighted by atomic mass is 35.5. The third-order valence-corrected chi connectivity index (χ3v) is 9.34. The zero-order valence-electron chi connectivity index (χ0n) is 17.5. The summed E-state index contributed by atoms with van der Waals surface area (Å²) in [5.41, 5.74) is -1.40. The number of rotatable bonds is 10. The average Bonchev–Trinajstić information content (AvgIpc) is 3.23. The Balaban J connectivity index is 1.78. The molecule has 178 valence electrons. The smallest absolute Gasteiger partial charge is 0.331 e. The van der Waals surface area contributed by atoms with E-state index in [9.17, 15) is 23.5 Å². The number of benzene rings is 2. The van der Waals surface area contributed by atoms with Crippen LogP contribution in [0.2, 0.25) is 5.02 Å². The highest BCUT2D eigenvalue weighted by Gasteiger charge is 2.77. The van der Waals surface area contributed by atoms with Crippen LogP contribution in [0.15, 0.2) is 66.7 Å². The molecule has 1 saturated carbocycles. The Kier molecular flexibility index (Phi) is 7.07. The lowest BCUT2D eigenvalue weighted by Gasteiger charge is -2.35. The largest absolute Gasteiger partial charge is 0.755 e. The molecule has 7 nitrogen and oxygen atoms in total. The number of halogens is 1. The molecule has 11 heteroatoms. The predicted octanol–water partition coefficient (Wildman–Crippen LogP) is 4.65. The number of carboxylic acid groups (broad SMARTS) is 2. The van der Waals surface area contributed by atoms with E-state index in [-0.39, 0.29) is 22.9 Å². The highest BCUT2D eigenvalue weighted by Crippen LogP contribution is 2.64. The van der Waals surface area contributed by atoms with Crippen LogP contribution in [-0.4, -0.2) is 48.0 Å². The Hall–Kier alpha value is -2.37. The van der Waals surface area contributed by atoms with Crippen molar-refractivity contribution in [1.82, 2.24) is 0 Å². The lowest BCUT2D eigenvalue weighted by atomic mass is 9.92. The molecule has 0 amide bonds. The van der Waals surface area contributed by atoms with Crippen LogP contribution in [0.3, 0.4) is 0 Å². The molecular weight excluding hydrogens is 518 g/mol. The van der Waals surface area contributed by atoms with Gasteiger partial charge in [0.05, 0.1) is 5.75 Å². The van der Waals surface area contributed by atoms with E-state index in [4.69, 9.17) is 16.7 Å². The number of hydrogen-bond donors (Lipinski definition) is 2. The van der Waals surface area contributed by atoms with Gasteiger partial charge in [0.1, 0.15) is 5.00 Å². The summed E-state index contributed by atoms with van der Waals surface area (Å²) in [6.07, 6.45) is 0.0219. The van der Waals surface area contributed by atoms with Gasteiger partial charge in [-0.05, 0) is 41.8 Å². The summed E-state index contributed by atoms with van der Waals surface area (Å²) in [5, 5.41) is 20.3. The number of thiophene rings is 1. The Labute approximate surface area is 211 Å². The molecule has 3 unspecified atom stereocenters. The van der Waals surface area contributed by atoms with Crippen molar-refractivity contribution in [3.05, 3.63) is 77.3 Å². The van der Waals surface area contributed by atoms with Crippen molar-refractivity contribution in [3.8, 4) is 10.4 Å². The number of hydrogen-bond acceptors (Lipinski definition) is 6. The van der Waals surface area contributed by atoms with Crippen LogP contribution in [0.4, 0.5) is 5.00 Å². The fourth-order valence-corrected chi connectivity index (χ4v) is 7.61. The van der Waals surface area contributed by atoms with Gasteiger partial charge in [0, 0.05) is 32.3 Å². The van der Waals surface area contributed by atoms with Gasteiger partial charge in [-0.2, -0.15) is 0 Å². The van der Waals surface area contributed by atoms with Gasteiger partial charge in [0.15, 0.2) is 5.54 Å². The molecule has 1 aliphatic carbocycles. The van der Waals surface area contributed by atoms with Crippen molar-refractivity contribution in [2.75, 3.05) is 15.8 Å². The van der Waals surface area contributed by atoms with Crippen molar-refractivity contribution in [2.45, 2.75) is 17.4 Å². The fourth-order valence-electron chi connectivity index (χ4n) is 4.29. The lowest BCUT2D eigenvalue weighted by molar-refractivity contribution is -0.140. The van der Waals surface area contributed by atoms with Crippen LogP contribution >= 0.6 is 34.7 Å². The van der Waals surface area contributed by atoms with Crippen LogP contribution in [0.5, 0.6) is 0 Å². The van der Waals surface area contributed by atoms with E-state index in [1.807, 2.05) is 0 Å². The summed E-state index contributed by atoms with van der Waals surface area (Å²) in [6.45, 7) is 0. The number of anilines is 1. The predicted molar refractivity (Wildman–Crippen MR) is 134 cm³/mol. The third-order valence-electron chi connectivity index (χ3n) is 5.89. The zero-order valence-corrected chi connectivity index (χ0v) is 20.8. The van der Waals surface area contributed by atoms with Crippen molar-refractivity contribution in [3.63, 3.8) is 0 Å². The fraction of sp³-hybridized carbons (Fsp3) is 0.217. The maximum Gasteiger partial charge on any atom is 0.331 e. The normalized spacial score (nSPS) is 22.2. The quantitative estimate of drug-likeness (QED) is 0.362. The molecule has 2 N–H and O–H groups in total. The van der Waals surface area contributed by atoms with Crippen LogP contribution in [0.25, 0.3) is 10.4 Å². The molecule has 1 fully saturated rings. The molecule has 1 aromatic heterocycles. The molecule has 3 aromatic rings. The first-order valence-corrected chi connectivity index (χ1v) is 13.4. The van der Waals surface area contributed by atoms with Gasteiger partial charge in [0.2, 0.25) is 0 Å². The summed E-state index contributed by atoms with van der Waals surface area (Å²) in [4.78, 5) is 24.6. The molecule has 0 aliphatic heterocycles. The maximum atomic E-state index is 12.8. The van der Waals surface area contributed by atoms with E-state index in [0.29, 0.717) is 10.6 Å². The minimum absolute atomic E-state index is 0.0219. The molecule has 0 radical (unpaired) electrons. The maximum absolute atomic E-state index is 12.8. The Morgan fingerprint density at radius 3 is 2.35 bits per heavy atom. The Bertz CT molecular complexity index is 1240. The monoisotopic (exact) mass is 536 g/mol. The number of nitrogens with zero attached hydrogens (tertiary/aromatic N) is 1. The van der Waals surface area contributed by atoms with E-state index in [0.717, 1.165) is 37.8 Å². The molecule has 1 heterocycles. The molecular formula is C23H19ClNO6S3-. The van der Waals surface area contributed by atoms with Gasteiger partial charge < -0.3 is 14.8 Å². The second-order valence-corrected chi connectivity index (χ2v) is 11.1. The first-order valence-electron chi connectivity index (χ1n) is 10.1. The molecule has 2 aromatic carbocycles. The molecule has 0 bridgehead atoms. The van der Waals surface area contributed by atoms with E-state index in [2.05, 4.69) is 0 Å². The van der Waals surface area contributed by atoms with Gasteiger partial charge in [-0.1, -0.05) is 54.1 Å². The SMILES string of the molecule is O=C(O)CSCC1(c2ccccc2)CC1(C(=O)O)N(c1ccc(-c2ccc(Cl)cc2)s1)S(=O)[O-]. The van der Waals surface area contributed by atoms with E-state index >= 15 is 0 Å². The summed E-state index contributed by atoms with van der Waals surface area (Å²) in [7, 11) is 0. The van der Waals surface area contributed by atoms with Gasteiger partial charge >= 0.3 is 11.9 Å². The van der Waals surface area contributed by atoms with Gasteiger partial charge in [-0.3, -0.25) is 13.3 Å². The van der Waals surface area contributed by atoms with Crippen molar-refractivity contribution < 1.29 is 28.6 Å². The standard InChI is InChI=1S/C23H20ClNO6S3/c24-17-8-6-15(7-9-17)18-10-11-19(33-18)25(34(30)31)23(21(28)29)13-22(23,14-32-12-20(26)27)16-4-2-1-3-5-16/h1-11H,12-14H2,(H,26,27)(H,28,29)(H,30,31)/p-1. The van der Waals surface area contributed by atoms with Crippen LogP contribution in [0, 0.1) is 0 Å². The molecule has 0 spiro atoms. The van der Waals surface area contributed by atoms with E-state index < -0.39 is 34.2 Å². The second-order valence-electron chi connectivity index (χ2n) is 7.83. The highest BCUT2D eigenvalue weighted by molar-refractivity contribution is 8.00. The van der Waals surface area contributed by atoms with Gasteiger partial charge in [-0.25, -0.2) is 4.79 Å². The minimum atomic E-state index is -2.90. The summed E-state index contributed by atoms with van der Waals surface area (Å²) < 4.78 is 26.0. The van der Waals surface area contributed by atoms with Gasteiger partial charge in [0.25, 0.3) is 0 Å². The molecule has 4 rings (SSSR count). The Morgan fingerprint density at radius 2 is 1.76 bits per heavy atom. The third kappa shape index (κ3) is 4.36. The average molecular weight is 537 g/mol. The van der Waals surface area contributed by atoms with Crippen LogP contribution < -0.4 is 4.31 Å². The van der Waals surface area contributed by atoms with Crippen LogP contribution in [-0.2, 0) is 26.3 Å². The van der Waals surface area contributed by atoms with E-state index in [1.54, 1.807) is 66.7 Å². The van der Waals surface area contributed by atoms with Crippen molar-refractivity contribution in [1.29, 1.82) is 0 Å². The number of carbonyl (C=O) groups is 2. The van der Waals surface area contributed by atoms with E-state index in [1.165, 1.54) is 0 Å². The topological polar surface area (TPSA) is 118 Å². The lowest BCUT2D eigenvalue weighted by Crippen LogP contribution is -2.50. The summed E-state index contributed by atoms with van der Waals surface area (Å²) in [6, 6.07) is 19.2. The van der Waals surface area contributed by atoms with Crippen LogP contribution in [0.1, 0.15) is 12.0 Å². The molecule has 1 aliphatic rings. The second kappa shape index (κ2) is 9.71. The first kappa shape index (κ1) is 24.7. The molecule has 3 atom stereocenters. The summed E-state index contributed by atoms with van der Waals surface area (Å²) in [5.74, 6) is -2.38. The molecule has 34 heavy (non-hydrogen) atoms. The number of carboxylic acids is 2. The first-order chi connectivity index (χ1) is 16.2. The zero-order chi connectivity index (χ0) is 24.5. The number of aliphatic carboxylic acids is 2. The summed E-state index contributed by atoms with van der Waals surface area (Å²) >= 11 is 5.30. The van der Waals surface area contributed by atoms with Crippen molar-refractivity contribution >= 4 is 62.9 Å². The van der Waals surface area contributed by atoms with Gasteiger partial charge in [-0.15, -0.1) is 23.1 Å². The Morgan fingerprint density at radius 1 is 1.09 bits per heavy atom. The molecule has 0 saturated heterocycles. The van der Waals surface area contributed by atoms with Crippen molar-refractivity contribution in [2.24, 2.45) is 0 Å².